The number of aromatic hydroxyl groups is 1. The van der Waals surface area contributed by atoms with Gasteiger partial charge in [0, 0.05) is 11.5 Å². The summed E-state index contributed by atoms with van der Waals surface area (Å²) in [5.41, 5.74) is 2.18. The first-order valence-electron chi connectivity index (χ1n) is 10.5. The van der Waals surface area contributed by atoms with Gasteiger partial charge in [0.2, 0.25) is 0 Å². The molecule has 1 aromatic carbocycles. The van der Waals surface area contributed by atoms with E-state index in [4.69, 9.17) is 4.74 Å². The largest absolute Gasteiger partial charge is 0.508 e. The summed E-state index contributed by atoms with van der Waals surface area (Å²) in [6.07, 6.45) is 11.1. The van der Waals surface area contributed by atoms with E-state index in [0.717, 1.165) is 23.7 Å². The Balaban J connectivity index is 1.80. The second-order valence-corrected chi connectivity index (χ2v) is 9.03. The summed E-state index contributed by atoms with van der Waals surface area (Å²) in [6.45, 7) is 9.07. The van der Waals surface area contributed by atoms with Gasteiger partial charge in [-0.2, -0.15) is 0 Å². The molecule has 25 heavy (non-hydrogen) atoms. The molecular weight excluding hydrogens is 308 g/mol. The number of phenolic OH excluding ortho intramolecular Hbond substituents is 1. The van der Waals surface area contributed by atoms with Crippen LogP contribution in [0.4, 0.5) is 0 Å². The van der Waals surface area contributed by atoms with Crippen molar-refractivity contribution in [1.82, 2.24) is 0 Å². The summed E-state index contributed by atoms with van der Waals surface area (Å²) in [6, 6.07) is 4.22. The van der Waals surface area contributed by atoms with E-state index in [9.17, 15) is 5.11 Å². The molecule has 1 aliphatic heterocycles. The Morgan fingerprint density at radius 2 is 1.88 bits per heavy atom. The normalized spacial score (nSPS) is 27.3. The van der Waals surface area contributed by atoms with Crippen molar-refractivity contribution < 1.29 is 9.84 Å². The molecule has 3 atom stereocenters. The molecular formula is C23H36O2. The standard InChI is InChI=1S/C23H36O2/c1-5-6-7-8-9-10-17-14-20(24)22-18-13-16(2)11-12-19(18)23(3,4)25-21(22)15-17/h14-16,18-19,24H,5-13H2,1-4H3/t16?,18-,19-/m0/s1. The van der Waals surface area contributed by atoms with E-state index in [0.29, 0.717) is 17.6 Å². The molecule has 1 N–H and O–H groups in total. The fourth-order valence-corrected chi connectivity index (χ4v) is 5.09. The third-order valence-electron chi connectivity index (χ3n) is 6.50. The zero-order chi connectivity index (χ0) is 18.0. The predicted octanol–water partition coefficient (Wildman–Crippen LogP) is 6.60. The lowest BCUT2D eigenvalue weighted by Crippen LogP contribution is -2.46. The Labute approximate surface area is 154 Å². The number of ether oxygens (including phenoxy) is 1. The van der Waals surface area contributed by atoms with Gasteiger partial charge in [0.05, 0.1) is 0 Å². The fraction of sp³-hybridized carbons (Fsp3) is 0.739. The molecule has 2 aliphatic rings. The summed E-state index contributed by atoms with van der Waals surface area (Å²) in [5.74, 6) is 3.12. The van der Waals surface area contributed by atoms with Crippen molar-refractivity contribution in [2.24, 2.45) is 11.8 Å². The molecule has 1 aromatic rings. The van der Waals surface area contributed by atoms with Crippen molar-refractivity contribution in [2.75, 3.05) is 0 Å². The smallest absolute Gasteiger partial charge is 0.127 e. The molecule has 1 aliphatic carbocycles. The third-order valence-corrected chi connectivity index (χ3v) is 6.50. The lowest BCUT2D eigenvalue weighted by molar-refractivity contribution is -0.0145. The Morgan fingerprint density at radius 3 is 2.64 bits per heavy atom. The lowest BCUT2D eigenvalue weighted by Gasteiger charge is -2.48. The Kier molecular flexibility index (Phi) is 5.65. The average molecular weight is 345 g/mol. The molecule has 0 aromatic heterocycles. The highest BCUT2D eigenvalue weighted by atomic mass is 16.5. The zero-order valence-electron chi connectivity index (χ0n) is 16.6. The number of hydrogen-bond donors (Lipinski definition) is 1. The van der Waals surface area contributed by atoms with Crippen molar-refractivity contribution in [3.05, 3.63) is 23.3 Å². The van der Waals surface area contributed by atoms with Crippen molar-refractivity contribution in [3.8, 4) is 11.5 Å². The molecule has 3 rings (SSSR count). The van der Waals surface area contributed by atoms with Crippen LogP contribution in [0.25, 0.3) is 0 Å². The van der Waals surface area contributed by atoms with Gasteiger partial charge in [0.15, 0.2) is 0 Å². The topological polar surface area (TPSA) is 29.5 Å². The second kappa shape index (κ2) is 7.60. The molecule has 0 spiro atoms. The van der Waals surface area contributed by atoms with Gasteiger partial charge in [-0.3, -0.25) is 0 Å². The molecule has 2 nitrogen and oxygen atoms in total. The van der Waals surface area contributed by atoms with Crippen LogP contribution in [-0.2, 0) is 6.42 Å². The number of rotatable bonds is 6. The maximum Gasteiger partial charge on any atom is 0.127 e. The highest BCUT2D eigenvalue weighted by Crippen LogP contribution is 2.55. The Hall–Kier alpha value is -1.18. The second-order valence-electron chi connectivity index (χ2n) is 9.03. The first kappa shape index (κ1) is 18.6. The van der Waals surface area contributed by atoms with Gasteiger partial charge in [0.25, 0.3) is 0 Å². The van der Waals surface area contributed by atoms with Crippen LogP contribution >= 0.6 is 0 Å². The maximum absolute atomic E-state index is 10.8. The van der Waals surface area contributed by atoms with Gasteiger partial charge in [-0.05, 0) is 69.1 Å². The van der Waals surface area contributed by atoms with Crippen molar-refractivity contribution >= 4 is 0 Å². The minimum atomic E-state index is -0.135. The molecule has 2 heteroatoms. The number of benzene rings is 1. The van der Waals surface area contributed by atoms with Gasteiger partial charge in [-0.25, -0.2) is 0 Å². The van der Waals surface area contributed by atoms with Crippen LogP contribution < -0.4 is 4.74 Å². The third kappa shape index (κ3) is 3.99. The Bertz CT molecular complexity index is 590. The molecule has 0 radical (unpaired) electrons. The number of fused-ring (bicyclic) bond motifs is 3. The zero-order valence-corrected chi connectivity index (χ0v) is 16.6. The highest BCUT2D eigenvalue weighted by molar-refractivity contribution is 5.52. The van der Waals surface area contributed by atoms with Gasteiger partial charge in [0.1, 0.15) is 17.1 Å². The first-order chi connectivity index (χ1) is 11.9. The minimum absolute atomic E-state index is 0.135. The van der Waals surface area contributed by atoms with Crippen molar-refractivity contribution in [3.63, 3.8) is 0 Å². The SMILES string of the molecule is CCCCCCCc1cc(O)c2c(c1)OC(C)(C)[C@H]1CCC(C)C[C@H]21. The molecule has 1 heterocycles. The molecule has 1 saturated carbocycles. The average Bonchev–Trinajstić information content (AvgIpc) is 2.53. The predicted molar refractivity (Wildman–Crippen MR) is 105 cm³/mol. The summed E-state index contributed by atoms with van der Waals surface area (Å²) in [5, 5.41) is 10.8. The first-order valence-corrected chi connectivity index (χ1v) is 10.5. The molecule has 0 bridgehead atoms. The van der Waals surface area contributed by atoms with Crippen LogP contribution in [-0.4, -0.2) is 10.7 Å². The van der Waals surface area contributed by atoms with E-state index in [-0.39, 0.29) is 5.60 Å². The van der Waals surface area contributed by atoms with Crippen molar-refractivity contribution in [2.45, 2.75) is 97.0 Å². The van der Waals surface area contributed by atoms with E-state index in [1.165, 1.54) is 56.9 Å². The molecule has 140 valence electrons. The fourth-order valence-electron chi connectivity index (χ4n) is 5.09. The Morgan fingerprint density at radius 1 is 1.12 bits per heavy atom. The van der Waals surface area contributed by atoms with E-state index in [2.05, 4.69) is 33.8 Å². The van der Waals surface area contributed by atoms with Crippen LogP contribution in [0.2, 0.25) is 0 Å². The van der Waals surface area contributed by atoms with Crippen molar-refractivity contribution in [1.29, 1.82) is 0 Å². The molecule has 1 fully saturated rings. The summed E-state index contributed by atoms with van der Waals surface area (Å²) >= 11 is 0. The van der Waals surface area contributed by atoms with Gasteiger partial charge < -0.3 is 9.84 Å². The maximum atomic E-state index is 10.8. The van der Waals surface area contributed by atoms with E-state index < -0.39 is 0 Å². The highest BCUT2D eigenvalue weighted by Gasteiger charge is 2.47. The quantitative estimate of drug-likeness (QED) is 0.589. The van der Waals surface area contributed by atoms with Gasteiger partial charge >= 0.3 is 0 Å². The van der Waals surface area contributed by atoms with Gasteiger partial charge in [-0.1, -0.05) is 46.0 Å². The summed E-state index contributed by atoms with van der Waals surface area (Å²) in [4.78, 5) is 0. The molecule has 1 unspecified atom stereocenters. The van der Waals surface area contributed by atoms with Gasteiger partial charge in [-0.15, -0.1) is 0 Å². The minimum Gasteiger partial charge on any atom is -0.508 e. The monoisotopic (exact) mass is 344 g/mol. The number of aryl methyl sites for hydroxylation is 1. The molecule has 0 saturated heterocycles. The summed E-state index contributed by atoms with van der Waals surface area (Å²) in [7, 11) is 0. The van der Waals surface area contributed by atoms with Crippen LogP contribution in [0.3, 0.4) is 0 Å². The lowest BCUT2D eigenvalue weighted by atomic mass is 9.64. The van der Waals surface area contributed by atoms with Crippen LogP contribution in [0.5, 0.6) is 11.5 Å². The van der Waals surface area contributed by atoms with Crippen LogP contribution in [0, 0.1) is 11.8 Å². The van der Waals surface area contributed by atoms with E-state index in [1.54, 1.807) is 0 Å². The molecule has 0 amide bonds. The number of hydrogen-bond acceptors (Lipinski definition) is 2. The number of unbranched alkanes of at least 4 members (excludes halogenated alkanes) is 4. The van der Waals surface area contributed by atoms with E-state index in [1.807, 2.05) is 6.07 Å². The van der Waals surface area contributed by atoms with Crippen LogP contribution in [0.1, 0.15) is 96.1 Å². The number of phenols is 1. The van der Waals surface area contributed by atoms with Crippen LogP contribution in [0.15, 0.2) is 12.1 Å². The summed E-state index contributed by atoms with van der Waals surface area (Å²) < 4.78 is 6.43. The van der Waals surface area contributed by atoms with E-state index >= 15 is 0 Å².